The van der Waals surface area contributed by atoms with E-state index in [0.717, 1.165) is 12.8 Å². The minimum absolute atomic E-state index is 0.0172. The van der Waals surface area contributed by atoms with Gasteiger partial charge in [-0.1, -0.05) is 34.1 Å². The van der Waals surface area contributed by atoms with Crippen molar-refractivity contribution in [2.75, 3.05) is 7.11 Å². The van der Waals surface area contributed by atoms with Gasteiger partial charge in [0.2, 0.25) is 0 Å². The van der Waals surface area contributed by atoms with Crippen LogP contribution in [0.25, 0.3) is 0 Å². The van der Waals surface area contributed by atoms with E-state index in [1.165, 1.54) is 7.11 Å². The van der Waals surface area contributed by atoms with Crippen LogP contribution in [0.3, 0.4) is 0 Å². The van der Waals surface area contributed by atoms with Crippen LogP contribution in [0.5, 0.6) is 0 Å². The standard InChI is InChI=1S/C15H16BrNO3/c1-20-14(19)11-9-15(16)8-7-12(11)17(15)13(18)10-5-3-2-4-6-10/h2-6,11-12H,7-9H2,1H3/t11-,12-,15+/m0/s1. The van der Waals surface area contributed by atoms with E-state index < -0.39 is 4.45 Å². The van der Waals surface area contributed by atoms with E-state index in [1.807, 2.05) is 35.2 Å². The Morgan fingerprint density at radius 3 is 2.70 bits per heavy atom. The van der Waals surface area contributed by atoms with Crippen LogP contribution in [0.2, 0.25) is 0 Å². The van der Waals surface area contributed by atoms with Gasteiger partial charge in [0.1, 0.15) is 0 Å². The molecule has 0 aromatic heterocycles. The molecular formula is C15H16BrNO3. The molecule has 0 aliphatic carbocycles. The molecule has 4 nitrogen and oxygen atoms in total. The van der Waals surface area contributed by atoms with Gasteiger partial charge in [-0.15, -0.1) is 0 Å². The summed E-state index contributed by atoms with van der Waals surface area (Å²) in [5.74, 6) is -0.459. The highest BCUT2D eigenvalue weighted by molar-refractivity contribution is 9.10. The van der Waals surface area contributed by atoms with Crippen molar-refractivity contribution in [3.05, 3.63) is 35.9 Å². The summed E-state index contributed by atoms with van der Waals surface area (Å²) < 4.78 is 4.47. The smallest absolute Gasteiger partial charge is 0.310 e. The fourth-order valence-electron chi connectivity index (χ4n) is 3.41. The zero-order valence-electron chi connectivity index (χ0n) is 11.2. The van der Waals surface area contributed by atoms with Crippen molar-refractivity contribution in [1.29, 1.82) is 0 Å². The number of esters is 1. The third kappa shape index (κ3) is 1.95. The van der Waals surface area contributed by atoms with Crippen molar-refractivity contribution in [2.45, 2.75) is 29.8 Å². The van der Waals surface area contributed by atoms with Crippen LogP contribution < -0.4 is 0 Å². The summed E-state index contributed by atoms with van der Waals surface area (Å²) in [6.45, 7) is 0. The number of methoxy groups -OCH3 is 1. The van der Waals surface area contributed by atoms with E-state index in [2.05, 4.69) is 15.9 Å². The highest BCUT2D eigenvalue weighted by Crippen LogP contribution is 2.53. The molecule has 2 saturated heterocycles. The zero-order valence-corrected chi connectivity index (χ0v) is 12.8. The quantitative estimate of drug-likeness (QED) is 0.473. The highest BCUT2D eigenvalue weighted by atomic mass is 79.9. The maximum Gasteiger partial charge on any atom is 0.310 e. The van der Waals surface area contributed by atoms with Crippen LogP contribution in [-0.4, -0.2) is 34.4 Å². The first-order chi connectivity index (χ1) is 9.57. The summed E-state index contributed by atoms with van der Waals surface area (Å²) in [7, 11) is 1.40. The second-order valence-electron chi connectivity index (χ2n) is 5.40. The predicted molar refractivity (Wildman–Crippen MR) is 77.4 cm³/mol. The Balaban J connectivity index is 1.91. The van der Waals surface area contributed by atoms with E-state index in [9.17, 15) is 9.59 Å². The number of carbonyl (C=O) groups excluding carboxylic acids is 2. The van der Waals surface area contributed by atoms with Gasteiger partial charge in [-0.3, -0.25) is 9.59 Å². The molecule has 2 bridgehead atoms. The molecule has 3 rings (SSSR count). The third-order valence-electron chi connectivity index (χ3n) is 4.33. The first-order valence-electron chi connectivity index (χ1n) is 6.72. The Bertz CT molecular complexity index is 547. The highest BCUT2D eigenvalue weighted by Gasteiger charge is 2.59. The summed E-state index contributed by atoms with van der Waals surface area (Å²) in [6.07, 6.45) is 2.34. The molecule has 2 aliphatic heterocycles. The number of amides is 1. The molecule has 5 heteroatoms. The molecule has 106 valence electrons. The second-order valence-corrected chi connectivity index (χ2v) is 6.88. The van der Waals surface area contributed by atoms with Crippen molar-refractivity contribution in [2.24, 2.45) is 5.92 Å². The van der Waals surface area contributed by atoms with Gasteiger partial charge >= 0.3 is 5.97 Å². The van der Waals surface area contributed by atoms with Crippen molar-refractivity contribution in [1.82, 2.24) is 4.90 Å². The molecule has 0 saturated carbocycles. The van der Waals surface area contributed by atoms with Crippen LogP contribution in [0.15, 0.2) is 30.3 Å². The van der Waals surface area contributed by atoms with Gasteiger partial charge in [0.25, 0.3) is 5.91 Å². The van der Waals surface area contributed by atoms with Crippen molar-refractivity contribution < 1.29 is 14.3 Å². The monoisotopic (exact) mass is 337 g/mol. The Labute approximate surface area is 126 Å². The van der Waals surface area contributed by atoms with Crippen LogP contribution >= 0.6 is 15.9 Å². The van der Waals surface area contributed by atoms with Crippen molar-refractivity contribution in [3.63, 3.8) is 0 Å². The minimum atomic E-state index is -0.399. The van der Waals surface area contributed by atoms with Crippen LogP contribution in [0, 0.1) is 5.92 Å². The van der Waals surface area contributed by atoms with Crippen LogP contribution in [0.1, 0.15) is 29.6 Å². The second kappa shape index (κ2) is 4.88. The summed E-state index contributed by atoms with van der Waals surface area (Å²) in [6, 6.07) is 9.15. The number of alkyl halides is 1. The maximum absolute atomic E-state index is 12.7. The topological polar surface area (TPSA) is 46.6 Å². The van der Waals surface area contributed by atoms with Gasteiger partial charge in [0.05, 0.1) is 17.5 Å². The molecule has 0 N–H and O–H groups in total. The van der Waals surface area contributed by atoms with Gasteiger partial charge in [-0.05, 0) is 31.4 Å². The van der Waals surface area contributed by atoms with Gasteiger partial charge in [0, 0.05) is 11.6 Å². The summed E-state index contributed by atoms with van der Waals surface area (Å²) >= 11 is 3.69. The Kier molecular flexibility index (Phi) is 3.32. The first-order valence-corrected chi connectivity index (χ1v) is 7.51. The number of halogens is 1. The molecular weight excluding hydrogens is 322 g/mol. The van der Waals surface area contributed by atoms with Gasteiger partial charge < -0.3 is 9.64 Å². The van der Waals surface area contributed by atoms with E-state index in [-0.39, 0.29) is 23.8 Å². The largest absolute Gasteiger partial charge is 0.469 e. The maximum atomic E-state index is 12.7. The molecule has 0 unspecified atom stereocenters. The Morgan fingerprint density at radius 2 is 2.05 bits per heavy atom. The molecule has 1 amide bonds. The summed E-state index contributed by atoms with van der Waals surface area (Å²) in [5.41, 5.74) is 0.661. The minimum Gasteiger partial charge on any atom is -0.469 e. The number of benzene rings is 1. The van der Waals surface area contributed by atoms with Crippen LogP contribution in [-0.2, 0) is 9.53 Å². The Morgan fingerprint density at radius 1 is 1.35 bits per heavy atom. The molecule has 1 aromatic carbocycles. The van der Waals surface area contributed by atoms with Gasteiger partial charge in [-0.2, -0.15) is 0 Å². The fourth-order valence-corrected chi connectivity index (χ4v) is 4.42. The molecule has 1 aromatic rings. The number of fused-ring (bicyclic) bond motifs is 2. The zero-order chi connectivity index (χ0) is 14.3. The first kappa shape index (κ1) is 13.6. The van der Waals surface area contributed by atoms with E-state index in [1.54, 1.807) is 0 Å². The summed E-state index contributed by atoms with van der Waals surface area (Å²) in [5, 5.41) is 0. The predicted octanol–water partition coefficient (Wildman–Crippen LogP) is 2.58. The molecule has 0 radical (unpaired) electrons. The normalized spacial score (nSPS) is 31.4. The number of carbonyl (C=O) groups is 2. The average Bonchev–Trinajstić information content (AvgIpc) is 2.96. The number of rotatable bonds is 2. The molecule has 2 fully saturated rings. The lowest BCUT2D eigenvalue weighted by Gasteiger charge is -2.29. The van der Waals surface area contributed by atoms with E-state index in [0.29, 0.717) is 12.0 Å². The van der Waals surface area contributed by atoms with Crippen LogP contribution in [0.4, 0.5) is 0 Å². The lowest BCUT2D eigenvalue weighted by atomic mass is 9.89. The lowest BCUT2D eigenvalue weighted by Crippen LogP contribution is -2.41. The van der Waals surface area contributed by atoms with E-state index >= 15 is 0 Å². The fraction of sp³-hybridized carbons (Fsp3) is 0.467. The number of hydrogen-bond donors (Lipinski definition) is 0. The third-order valence-corrected chi connectivity index (χ3v) is 5.43. The molecule has 0 spiro atoms. The molecule has 20 heavy (non-hydrogen) atoms. The average molecular weight is 338 g/mol. The van der Waals surface area contributed by atoms with Gasteiger partial charge in [-0.25, -0.2) is 0 Å². The molecule has 3 atom stereocenters. The van der Waals surface area contributed by atoms with E-state index in [4.69, 9.17) is 4.74 Å². The molecule has 2 aliphatic rings. The lowest BCUT2D eigenvalue weighted by molar-refractivity contribution is -0.146. The number of hydrogen-bond acceptors (Lipinski definition) is 3. The SMILES string of the molecule is COC(=O)[C@H]1C[C@@]2(Br)CC[C@@H]1N2C(=O)c1ccccc1. The summed E-state index contributed by atoms with van der Waals surface area (Å²) in [4.78, 5) is 26.4. The van der Waals surface area contributed by atoms with Crippen molar-refractivity contribution in [3.8, 4) is 0 Å². The number of ether oxygens (including phenoxy) is 1. The number of nitrogens with zero attached hydrogens (tertiary/aromatic N) is 1. The molecule has 2 heterocycles. The van der Waals surface area contributed by atoms with Gasteiger partial charge in [0.15, 0.2) is 0 Å². The van der Waals surface area contributed by atoms with Crippen molar-refractivity contribution >= 4 is 27.8 Å². The Hall–Kier alpha value is -1.36.